The average Bonchev–Trinajstić information content (AvgIpc) is 2.38. The van der Waals surface area contributed by atoms with Gasteiger partial charge < -0.3 is 14.9 Å². The molecule has 0 aliphatic carbocycles. The largest absolute Gasteiger partial charge is 0.466 e. The Balaban J connectivity index is 2.86. The molecule has 1 rings (SSSR count). The van der Waals surface area contributed by atoms with Crippen LogP contribution in [0.3, 0.4) is 0 Å². The molecule has 0 fully saturated rings. The summed E-state index contributed by atoms with van der Waals surface area (Å²) < 4.78 is 4.69. The number of aliphatic hydroxyl groups is 2. The van der Waals surface area contributed by atoms with Gasteiger partial charge in [0.25, 0.3) is 0 Å². The Kier molecular flexibility index (Phi) is 6.13. The number of hydrogen-bond acceptors (Lipinski definition) is 5. The second kappa shape index (κ2) is 7.38. The Bertz CT molecular complexity index is 500. The minimum atomic E-state index is -1.31. The summed E-state index contributed by atoms with van der Waals surface area (Å²) in [6.07, 6.45) is -2.93. The van der Waals surface area contributed by atoms with Gasteiger partial charge in [0, 0.05) is 5.56 Å². The number of Topliss-reactive ketones (excluding diaryl/α,β-unsaturated/α-hetero) is 1. The smallest absolute Gasteiger partial charge is 0.308 e. The van der Waals surface area contributed by atoms with Crippen LogP contribution >= 0.6 is 11.6 Å². The van der Waals surface area contributed by atoms with Crippen LogP contribution in [0.4, 0.5) is 0 Å². The number of carbonyl (C=O) groups is 2. The predicted molar refractivity (Wildman–Crippen MR) is 73.7 cm³/mol. The van der Waals surface area contributed by atoms with Crippen molar-refractivity contribution in [3.8, 4) is 0 Å². The Morgan fingerprint density at radius 2 is 2.00 bits per heavy atom. The summed E-state index contributed by atoms with van der Waals surface area (Å²) in [6.45, 7) is 3.21. The van der Waals surface area contributed by atoms with Crippen molar-refractivity contribution < 1.29 is 24.5 Å². The maximum atomic E-state index is 11.4. The number of hydrogen-bond donors (Lipinski definition) is 2. The first-order valence-electron chi connectivity index (χ1n) is 6.19. The number of aliphatic hydroxyl groups excluding tert-OH is 2. The zero-order chi connectivity index (χ0) is 15.3. The van der Waals surface area contributed by atoms with Crippen molar-refractivity contribution in [2.45, 2.75) is 32.5 Å². The van der Waals surface area contributed by atoms with E-state index in [1.165, 1.54) is 25.1 Å². The van der Waals surface area contributed by atoms with Gasteiger partial charge in [-0.1, -0.05) is 17.7 Å². The molecule has 0 saturated heterocycles. The van der Waals surface area contributed by atoms with Gasteiger partial charge in [-0.2, -0.15) is 0 Å². The van der Waals surface area contributed by atoms with Gasteiger partial charge >= 0.3 is 5.97 Å². The highest BCUT2D eigenvalue weighted by Crippen LogP contribution is 2.25. The van der Waals surface area contributed by atoms with E-state index in [1.54, 1.807) is 6.92 Å². The molecule has 0 bridgehead atoms. The van der Waals surface area contributed by atoms with Crippen LogP contribution in [-0.4, -0.2) is 34.7 Å². The van der Waals surface area contributed by atoms with Crippen LogP contribution in [0.25, 0.3) is 0 Å². The van der Waals surface area contributed by atoms with Crippen LogP contribution < -0.4 is 0 Å². The quantitative estimate of drug-likeness (QED) is 0.619. The molecule has 2 N–H and O–H groups in total. The fraction of sp³-hybridized carbons (Fsp3) is 0.429. The van der Waals surface area contributed by atoms with Crippen LogP contribution in [0.15, 0.2) is 18.2 Å². The van der Waals surface area contributed by atoms with Gasteiger partial charge in [-0.25, -0.2) is 0 Å². The van der Waals surface area contributed by atoms with E-state index in [1.807, 2.05) is 0 Å². The third-order valence-corrected chi connectivity index (χ3v) is 3.09. The summed E-state index contributed by atoms with van der Waals surface area (Å²) in [6, 6.07) is 4.37. The number of benzene rings is 1. The van der Waals surface area contributed by atoms with E-state index in [0.717, 1.165) is 0 Å². The summed E-state index contributed by atoms with van der Waals surface area (Å²) in [7, 11) is 0. The third-order valence-electron chi connectivity index (χ3n) is 2.76. The van der Waals surface area contributed by atoms with Crippen molar-refractivity contribution in [3.63, 3.8) is 0 Å². The molecule has 0 radical (unpaired) electrons. The second-order valence-electron chi connectivity index (χ2n) is 4.32. The molecule has 1 aromatic rings. The molecular formula is C14H17ClO5. The molecule has 0 aliphatic heterocycles. The van der Waals surface area contributed by atoms with Gasteiger partial charge in [-0.15, -0.1) is 0 Å². The molecule has 2 atom stereocenters. The fourth-order valence-electron chi connectivity index (χ4n) is 1.72. The third kappa shape index (κ3) is 4.30. The van der Waals surface area contributed by atoms with Gasteiger partial charge in [0.1, 0.15) is 6.10 Å². The number of ether oxygens (including phenoxy) is 1. The van der Waals surface area contributed by atoms with Gasteiger partial charge in [0.2, 0.25) is 0 Å². The van der Waals surface area contributed by atoms with Crippen LogP contribution in [0.2, 0.25) is 5.02 Å². The van der Waals surface area contributed by atoms with Crippen LogP contribution in [0, 0.1) is 0 Å². The van der Waals surface area contributed by atoms with Crippen molar-refractivity contribution in [2.75, 3.05) is 6.61 Å². The van der Waals surface area contributed by atoms with E-state index in [2.05, 4.69) is 0 Å². The molecular weight excluding hydrogens is 284 g/mol. The standard InChI is InChI=1S/C14H17ClO5/c1-3-20-13(18)7-12(17)14(19)9-4-5-11(15)10(6-9)8(2)16/h4-6,12,14,17,19H,3,7H2,1-2H3. The summed E-state index contributed by atoms with van der Waals surface area (Å²) in [4.78, 5) is 22.6. The normalized spacial score (nSPS) is 13.7. The highest BCUT2D eigenvalue weighted by molar-refractivity contribution is 6.33. The number of carbonyl (C=O) groups excluding carboxylic acids is 2. The zero-order valence-corrected chi connectivity index (χ0v) is 12.1. The van der Waals surface area contributed by atoms with E-state index >= 15 is 0 Å². The summed E-state index contributed by atoms with van der Waals surface area (Å²) >= 11 is 5.86. The highest BCUT2D eigenvalue weighted by atomic mass is 35.5. The maximum Gasteiger partial charge on any atom is 0.308 e. The molecule has 5 nitrogen and oxygen atoms in total. The monoisotopic (exact) mass is 300 g/mol. The molecule has 1 aromatic carbocycles. The molecule has 6 heteroatoms. The molecule has 0 amide bonds. The molecule has 20 heavy (non-hydrogen) atoms. The van der Waals surface area contributed by atoms with Crippen molar-refractivity contribution in [1.82, 2.24) is 0 Å². The molecule has 0 heterocycles. The minimum Gasteiger partial charge on any atom is -0.466 e. The Hall–Kier alpha value is -1.43. The van der Waals surface area contributed by atoms with Gasteiger partial charge in [-0.05, 0) is 31.5 Å². The van der Waals surface area contributed by atoms with Crippen LogP contribution in [0.5, 0.6) is 0 Å². The van der Waals surface area contributed by atoms with Crippen LogP contribution in [0.1, 0.15) is 42.3 Å². The number of esters is 1. The number of halogens is 1. The van der Waals surface area contributed by atoms with Crippen molar-refractivity contribution >= 4 is 23.4 Å². The molecule has 0 spiro atoms. The summed E-state index contributed by atoms with van der Waals surface area (Å²) in [5.74, 6) is -0.844. The first-order valence-corrected chi connectivity index (χ1v) is 6.56. The fourth-order valence-corrected chi connectivity index (χ4v) is 1.97. The van der Waals surface area contributed by atoms with Crippen molar-refractivity contribution in [3.05, 3.63) is 34.3 Å². The first-order chi connectivity index (χ1) is 9.36. The molecule has 2 unspecified atom stereocenters. The first kappa shape index (κ1) is 16.6. The lowest BCUT2D eigenvalue weighted by Crippen LogP contribution is -2.23. The second-order valence-corrected chi connectivity index (χ2v) is 4.72. The highest BCUT2D eigenvalue weighted by Gasteiger charge is 2.23. The van der Waals surface area contributed by atoms with Gasteiger partial charge in [-0.3, -0.25) is 9.59 Å². The lowest BCUT2D eigenvalue weighted by molar-refractivity contribution is -0.147. The van der Waals surface area contributed by atoms with E-state index in [0.29, 0.717) is 5.56 Å². The average molecular weight is 301 g/mol. The minimum absolute atomic E-state index is 0.205. The Morgan fingerprint density at radius 1 is 1.35 bits per heavy atom. The Morgan fingerprint density at radius 3 is 2.55 bits per heavy atom. The van der Waals surface area contributed by atoms with E-state index in [-0.39, 0.29) is 29.4 Å². The van der Waals surface area contributed by atoms with Crippen molar-refractivity contribution in [1.29, 1.82) is 0 Å². The molecule has 0 saturated carbocycles. The number of rotatable bonds is 6. The summed E-state index contributed by atoms with van der Waals surface area (Å²) in [5.41, 5.74) is 0.572. The SMILES string of the molecule is CCOC(=O)CC(O)C(O)c1ccc(Cl)c(C(C)=O)c1. The molecule has 0 aromatic heterocycles. The number of ketones is 1. The van der Waals surface area contributed by atoms with E-state index in [9.17, 15) is 19.8 Å². The van der Waals surface area contributed by atoms with Gasteiger partial charge in [0.05, 0.1) is 24.2 Å². The predicted octanol–water partition coefficient (Wildman–Crippen LogP) is 1.89. The van der Waals surface area contributed by atoms with E-state index < -0.39 is 18.2 Å². The maximum absolute atomic E-state index is 11.4. The van der Waals surface area contributed by atoms with Gasteiger partial charge in [0.15, 0.2) is 5.78 Å². The Labute approximate surface area is 122 Å². The summed E-state index contributed by atoms with van der Waals surface area (Å²) in [5, 5.41) is 20.1. The van der Waals surface area contributed by atoms with Crippen molar-refractivity contribution in [2.24, 2.45) is 0 Å². The zero-order valence-electron chi connectivity index (χ0n) is 11.3. The lowest BCUT2D eigenvalue weighted by Gasteiger charge is -2.18. The van der Waals surface area contributed by atoms with E-state index in [4.69, 9.17) is 16.3 Å². The molecule has 110 valence electrons. The lowest BCUT2D eigenvalue weighted by atomic mass is 9.99. The van der Waals surface area contributed by atoms with Crippen LogP contribution in [-0.2, 0) is 9.53 Å². The molecule has 0 aliphatic rings. The topological polar surface area (TPSA) is 83.8 Å².